The fourth-order valence-electron chi connectivity index (χ4n) is 2.33. The van der Waals surface area contributed by atoms with Crippen LogP contribution in [0.4, 0.5) is 17.2 Å². The van der Waals surface area contributed by atoms with E-state index in [2.05, 4.69) is 28.1 Å². The van der Waals surface area contributed by atoms with Gasteiger partial charge >= 0.3 is 0 Å². The molecule has 1 aromatic heterocycles. The van der Waals surface area contributed by atoms with Crippen molar-refractivity contribution in [3.63, 3.8) is 0 Å². The van der Waals surface area contributed by atoms with Gasteiger partial charge in [-0.25, -0.2) is 4.98 Å². The van der Waals surface area contributed by atoms with Crippen LogP contribution >= 0.6 is 0 Å². The molecule has 0 radical (unpaired) electrons. The van der Waals surface area contributed by atoms with Gasteiger partial charge in [0.25, 0.3) is 0 Å². The molecule has 1 aliphatic heterocycles. The number of pyridine rings is 1. The van der Waals surface area contributed by atoms with Gasteiger partial charge in [-0.15, -0.1) is 0 Å². The summed E-state index contributed by atoms with van der Waals surface area (Å²) in [7, 11) is 0. The number of para-hydroxylation sites is 1. The lowest BCUT2D eigenvalue weighted by molar-refractivity contribution is 0.975. The molecule has 0 saturated heterocycles. The van der Waals surface area contributed by atoms with Crippen molar-refractivity contribution in [2.75, 3.05) is 17.2 Å². The number of fused-ring (bicyclic) bond motifs is 1. The lowest BCUT2D eigenvalue weighted by Gasteiger charge is -2.20. The van der Waals surface area contributed by atoms with Crippen LogP contribution in [0.25, 0.3) is 0 Å². The Labute approximate surface area is 105 Å². The molecule has 2 heterocycles. The molecule has 0 fully saturated rings. The molecule has 18 heavy (non-hydrogen) atoms. The normalized spacial score (nSPS) is 13.2. The van der Waals surface area contributed by atoms with Crippen LogP contribution in [-0.4, -0.2) is 11.5 Å². The second-order valence-corrected chi connectivity index (χ2v) is 4.24. The molecule has 1 aliphatic rings. The zero-order valence-electron chi connectivity index (χ0n) is 9.80. The van der Waals surface area contributed by atoms with Crippen LogP contribution in [-0.2, 0) is 6.42 Å². The molecule has 0 aliphatic carbocycles. The quantitative estimate of drug-likeness (QED) is 0.824. The molecule has 2 N–H and O–H groups in total. The maximum Gasteiger partial charge on any atom is 0.157 e. The Balaban J connectivity index is 2.11. The molecule has 88 valence electrons. The zero-order chi connectivity index (χ0) is 12.5. The molecule has 0 saturated carbocycles. The summed E-state index contributed by atoms with van der Waals surface area (Å²) < 4.78 is 0. The topological polar surface area (TPSA) is 65.9 Å². The molecule has 4 heteroatoms. The third-order valence-corrected chi connectivity index (χ3v) is 3.23. The van der Waals surface area contributed by atoms with Gasteiger partial charge in [0.2, 0.25) is 0 Å². The average molecular weight is 236 g/mol. The van der Waals surface area contributed by atoms with Crippen molar-refractivity contribution in [3.8, 4) is 6.07 Å². The van der Waals surface area contributed by atoms with E-state index < -0.39 is 0 Å². The first-order chi connectivity index (χ1) is 8.81. The molecule has 4 nitrogen and oxygen atoms in total. The van der Waals surface area contributed by atoms with E-state index in [1.54, 1.807) is 12.3 Å². The second-order valence-electron chi connectivity index (χ2n) is 4.24. The van der Waals surface area contributed by atoms with Gasteiger partial charge in [-0.1, -0.05) is 18.2 Å². The highest BCUT2D eigenvalue weighted by Crippen LogP contribution is 2.36. The van der Waals surface area contributed by atoms with Gasteiger partial charge in [0.05, 0.1) is 11.3 Å². The van der Waals surface area contributed by atoms with Crippen molar-refractivity contribution in [2.45, 2.75) is 6.42 Å². The van der Waals surface area contributed by atoms with E-state index in [-0.39, 0.29) is 0 Å². The number of anilines is 3. The Kier molecular flexibility index (Phi) is 2.38. The van der Waals surface area contributed by atoms with Gasteiger partial charge < -0.3 is 10.6 Å². The summed E-state index contributed by atoms with van der Waals surface area (Å²) >= 11 is 0. The third kappa shape index (κ3) is 1.49. The predicted molar refractivity (Wildman–Crippen MR) is 70.5 cm³/mol. The standard InChI is InChI=1S/C14H12N4/c15-9-11-5-7-17-14(13(11)16)18-8-6-10-3-1-2-4-12(10)18/h1-5,7H,6,8,16H2. The molecular formula is C14H12N4. The minimum atomic E-state index is 0.455. The third-order valence-electron chi connectivity index (χ3n) is 3.23. The van der Waals surface area contributed by atoms with Gasteiger partial charge in [-0.3, -0.25) is 0 Å². The predicted octanol–water partition coefficient (Wildman–Crippen LogP) is 2.23. The minimum absolute atomic E-state index is 0.455. The maximum atomic E-state index is 9.00. The van der Waals surface area contributed by atoms with E-state index in [0.29, 0.717) is 17.1 Å². The summed E-state index contributed by atoms with van der Waals surface area (Å²) in [6.07, 6.45) is 2.61. The highest BCUT2D eigenvalue weighted by Gasteiger charge is 2.23. The number of benzene rings is 1. The highest BCUT2D eigenvalue weighted by molar-refractivity contribution is 5.78. The Morgan fingerprint density at radius 3 is 2.94 bits per heavy atom. The smallest absolute Gasteiger partial charge is 0.157 e. The van der Waals surface area contributed by atoms with E-state index in [9.17, 15) is 0 Å². The van der Waals surface area contributed by atoms with Crippen LogP contribution < -0.4 is 10.6 Å². The number of nitrogens with zero attached hydrogens (tertiary/aromatic N) is 3. The maximum absolute atomic E-state index is 9.00. The van der Waals surface area contributed by atoms with Crippen molar-refractivity contribution >= 4 is 17.2 Å². The molecular weight excluding hydrogens is 224 g/mol. The van der Waals surface area contributed by atoms with E-state index >= 15 is 0 Å². The molecule has 2 aromatic rings. The first kappa shape index (κ1) is 10.6. The van der Waals surface area contributed by atoms with Crippen LogP contribution in [0.5, 0.6) is 0 Å². The first-order valence-electron chi connectivity index (χ1n) is 5.81. The highest BCUT2D eigenvalue weighted by atomic mass is 15.2. The molecule has 0 atom stereocenters. The number of hydrogen-bond donors (Lipinski definition) is 1. The van der Waals surface area contributed by atoms with Crippen molar-refractivity contribution in [3.05, 3.63) is 47.7 Å². The number of rotatable bonds is 1. The Morgan fingerprint density at radius 2 is 2.11 bits per heavy atom. The average Bonchev–Trinajstić information content (AvgIpc) is 2.83. The van der Waals surface area contributed by atoms with Gasteiger partial charge in [0.1, 0.15) is 6.07 Å². The van der Waals surface area contributed by atoms with Gasteiger partial charge in [0, 0.05) is 18.4 Å². The van der Waals surface area contributed by atoms with E-state index in [4.69, 9.17) is 11.0 Å². The number of nitrogens with two attached hydrogens (primary N) is 1. The summed E-state index contributed by atoms with van der Waals surface area (Å²) in [5.41, 5.74) is 9.36. The lowest BCUT2D eigenvalue weighted by atomic mass is 10.2. The summed E-state index contributed by atoms with van der Waals surface area (Å²) in [5.74, 6) is 0.680. The summed E-state index contributed by atoms with van der Waals surface area (Å²) in [6.45, 7) is 0.853. The van der Waals surface area contributed by atoms with E-state index in [0.717, 1.165) is 18.7 Å². The van der Waals surface area contributed by atoms with Crippen LogP contribution in [0.15, 0.2) is 36.5 Å². The molecule has 0 bridgehead atoms. The van der Waals surface area contributed by atoms with Gasteiger partial charge in [-0.2, -0.15) is 5.26 Å². The van der Waals surface area contributed by atoms with E-state index in [1.165, 1.54) is 5.56 Å². The number of nitriles is 1. The molecule has 3 rings (SSSR count). The Bertz CT molecular complexity index is 642. The second kappa shape index (κ2) is 4.04. The number of nitrogen functional groups attached to an aromatic ring is 1. The Hall–Kier alpha value is -2.54. The van der Waals surface area contributed by atoms with Crippen LogP contribution in [0.1, 0.15) is 11.1 Å². The monoisotopic (exact) mass is 236 g/mol. The fourth-order valence-corrected chi connectivity index (χ4v) is 2.33. The summed E-state index contributed by atoms with van der Waals surface area (Å²) in [4.78, 5) is 6.39. The van der Waals surface area contributed by atoms with Crippen molar-refractivity contribution in [2.24, 2.45) is 0 Å². The fraction of sp³-hybridized carbons (Fsp3) is 0.143. The van der Waals surface area contributed by atoms with Crippen LogP contribution in [0.2, 0.25) is 0 Å². The number of aromatic nitrogens is 1. The molecule has 0 spiro atoms. The molecule has 0 amide bonds. The van der Waals surface area contributed by atoms with Gasteiger partial charge in [-0.05, 0) is 24.1 Å². The lowest BCUT2D eigenvalue weighted by Crippen LogP contribution is -2.17. The van der Waals surface area contributed by atoms with Crippen LogP contribution in [0.3, 0.4) is 0 Å². The molecule has 0 unspecified atom stereocenters. The first-order valence-corrected chi connectivity index (χ1v) is 5.81. The van der Waals surface area contributed by atoms with Crippen molar-refractivity contribution < 1.29 is 0 Å². The van der Waals surface area contributed by atoms with Crippen molar-refractivity contribution in [1.29, 1.82) is 5.26 Å². The Morgan fingerprint density at radius 1 is 1.28 bits per heavy atom. The number of hydrogen-bond acceptors (Lipinski definition) is 4. The SMILES string of the molecule is N#Cc1ccnc(N2CCc3ccccc32)c1N. The summed E-state index contributed by atoms with van der Waals surface area (Å²) in [5, 5.41) is 9.00. The largest absolute Gasteiger partial charge is 0.395 e. The minimum Gasteiger partial charge on any atom is -0.395 e. The molecule has 1 aromatic carbocycles. The van der Waals surface area contributed by atoms with Crippen molar-refractivity contribution in [1.82, 2.24) is 4.98 Å². The summed E-state index contributed by atoms with van der Waals surface area (Å²) in [6, 6.07) is 11.9. The zero-order valence-corrected chi connectivity index (χ0v) is 9.80. The van der Waals surface area contributed by atoms with Gasteiger partial charge in [0.15, 0.2) is 5.82 Å². The van der Waals surface area contributed by atoms with E-state index in [1.807, 2.05) is 12.1 Å². The van der Waals surface area contributed by atoms with Crippen LogP contribution in [0, 0.1) is 11.3 Å².